The molecule has 2 heteroatoms. The molecule has 0 spiro atoms. The number of nitrogens with zero attached hydrogens (tertiary/aromatic N) is 1. The highest BCUT2D eigenvalue weighted by Crippen LogP contribution is 2.16. The van der Waals surface area contributed by atoms with Gasteiger partial charge in [0.1, 0.15) is 0 Å². The van der Waals surface area contributed by atoms with E-state index >= 15 is 0 Å². The molecule has 64 valence electrons. The van der Waals surface area contributed by atoms with Gasteiger partial charge in [-0.25, -0.2) is 0 Å². The van der Waals surface area contributed by atoms with Gasteiger partial charge in [-0.05, 0) is 37.1 Å². The first-order valence-corrected chi connectivity index (χ1v) is 4.05. The van der Waals surface area contributed by atoms with Crippen LogP contribution in [0.5, 0.6) is 0 Å². The Morgan fingerprint density at radius 3 is 3.00 bits per heavy atom. The molecular weight excluding hydrogens is 148 g/mol. The highest BCUT2D eigenvalue weighted by molar-refractivity contribution is 5.64. The maximum atomic E-state index is 5.44. The molecule has 0 amide bonds. The molecule has 12 heavy (non-hydrogen) atoms. The third-order valence-corrected chi connectivity index (χ3v) is 1.83. The fraction of sp³-hybridized carbons (Fsp3) is 0.300. The molecule has 1 aromatic rings. The molecule has 2 nitrogen and oxygen atoms in total. The number of aryl methyl sites for hydroxylation is 1. The van der Waals surface area contributed by atoms with Crippen molar-refractivity contribution in [2.24, 2.45) is 5.73 Å². The van der Waals surface area contributed by atoms with Gasteiger partial charge in [0.05, 0.1) is 0 Å². The van der Waals surface area contributed by atoms with Gasteiger partial charge in [0.25, 0.3) is 0 Å². The van der Waals surface area contributed by atoms with Crippen molar-refractivity contribution in [3.8, 4) is 0 Å². The maximum absolute atomic E-state index is 5.44. The summed E-state index contributed by atoms with van der Waals surface area (Å²) in [6.07, 6.45) is 2.63. The lowest BCUT2D eigenvalue weighted by Gasteiger charge is -2.05. The largest absolute Gasteiger partial charge is 0.330 e. The Morgan fingerprint density at radius 2 is 2.42 bits per heavy atom. The van der Waals surface area contributed by atoms with Crippen molar-refractivity contribution in [3.05, 3.63) is 36.2 Å². The molecule has 1 heterocycles. The van der Waals surface area contributed by atoms with Gasteiger partial charge in [0.2, 0.25) is 0 Å². The highest BCUT2D eigenvalue weighted by atomic mass is 14.7. The average Bonchev–Trinajstić information content (AvgIpc) is 2.05. The first-order valence-electron chi connectivity index (χ1n) is 4.05. The third-order valence-electron chi connectivity index (χ3n) is 1.83. The summed E-state index contributed by atoms with van der Waals surface area (Å²) in [6, 6.07) is 3.95. The van der Waals surface area contributed by atoms with Crippen LogP contribution in [0.25, 0.3) is 5.57 Å². The molecule has 0 aliphatic heterocycles. The number of hydrogen-bond donors (Lipinski definition) is 1. The van der Waals surface area contributed by atoms with E-state index in [1.54, 1.807) is 6.20 Å². The van der Waals surface area contributed by atoms with Gasteiger partial charge in [-0.15, -0.1) is 0 Å². The summed E-state index contributed by atoms with van der Waals surface area (Å²) in [6.45, 7) is 6.58. The average molecular weight is 162 g/mol. The van der Waals surface area contributed by atoms with Crippen LogP contribution in [0.4, 0.5) is 0 Å². The van der Waals surface area contributed by atoms with Gasteiger partial charge in [-0.2, -0.15) is 0 Å². The second-order valence-corrected chi connectivity index (χ2v) is 2.78. The molecule has 0 atom stereocenters. The van der Waals surface area contributed by atoms with Gasteiger partial charge in [-0.3, -0.25) is 4.98 Å². The number of aromatic nitrogens is 1. The summed E-state index contributed by atoms with van der Waals surface area (Å²) >= 11 is 0. The van der Waals surface area contributed by atoms with Gasteiger partial charge in [0.15, 0.2) is 0 Å². The topological polar surface area (TPSA) is 38.9 Å². The standard InChI is InChI=1S/C10H14N2/c1-8(5-6-11)10-4-3-7-12-9(10)2/h3-4,7H,1,5-6,11H2,2H3. The predicted molar refractivity (Wildman–Crippen MR) is 51.7 cm³/mol. The first-order chi connectivity index (χ1) is 5.75. The van der Waals surface area contributed by atoms with Crippen molar-refractivity contribution in [2.45, 2.75) is 13.3 Å². The van der Waals surface area contributed by atoms with Crippen LogP contribution in [-0.2, 0) is 0 Å². The Morgan fingerprint density at radius 1 is 1.67 bits per heavy atom. The summed E-state index contributed by atoms with van der Waals surface area (Å²) in [4.78, 5) is 4.18. The number of nitrogens with two attached hydrogens (primary N) is 1. The molecule has 1 rings (SSSR count). The van der Waals surface area contributed by atoms with E-state index in [9.17, 15) is 0 Å². The van der Waals surface area contributed by atoms with Gasteiger partial charge >= 0.3 is 0 Å². The van der Waals surface area contributed by atoms with E-state index in [0.717, 1.165) is 23.3 Å². The van der Waals surface area contributed by atoms with Crippen LogP contribution in [0.1, 0.15) is 17.7 Å². The van der Waals surface area contributed by atoms with Gasteiger partial charge in [-0.1, -0.05) is 12.6 Å². The summed E-state index contributed by atoms with van der Waals surface area (Å²) in [7, 11) is 0. The van der Waals surface area contributed by atoms with Crippen molar-refractivity contribution in [3.63, 3.8) is 0 Å². The molecule has 0 unspecified atom stereocenters. The molecule has 2 N–H and O–H groups in total. The normalized spacial score (nSPS) is 9.83. The second kappa shape index (κ2) is 4.02. The van der Waals surface area contributed by atoms with Crippen molar-refractivity contribution in [2.75, 3.05) is 6.54 Å². The molecule has 0 bridgehead atoms. The zero-order valence-electron chi connectivity index (χ0n) is 7.38. The number of pyridine rings is 1. The quantitative estimate of drug-likeness (QED) is 0.735. The van der Waals surface area contributed by atoms with E-state index in [1.807, 2.05) is 19.1 Å². The maximum Gasteiger partial charge on any atom is 0.0447 e. The Labute approximate surface area is 73.1 Å². The zero-order valence-corrected chi connectivity index (χ0v) is 7.38. The molecule has 0 aromatic carbocycles. The van der Waals surface area contributed by atoms with Crippen LogP contribution in [0.2, 0.25) is 0 Å². The smallest absolute Gasteiger partial charge is 0.0447 e. The molecule has 0 saturated carbocycles. The van der Waals surface area contributed by atoms with Crippen molar-refractivity contribution >= 4 is 5.57 Å². The Balaban J connectivity index is 2.87. The summed E-state index contributed by atoms with van der Waals surface area (Å²) in [5, 5.41) is 0. The van der Waals surface area contributed by atoms with Crippen molar-refractivity contribution in [1.82, 2.24) is 4.98 Å². The van der Waals surface area contributed by atoms with E-state index in [2.05, 4.69) is 11.6 Å². The minimum atomic E-state index is 0.646. The van der Waals surface area contributed by atoms with Crippen molar-refractivity contribution in [1.29, 1.82) is 0 Å². The molecule has 0 radical (unpaired) electrons. The number of rotatable bonds is 3. The minimum absolute atomic E-state index is 0.646. The first kappa shape index (κ1) is 8.94. The minimum Gasteiger partial charge on any atom is -0.330 e. The Hall–Kier alpha value is -1.15. The zero-order chi connectivity index (χ0) is 8.97. The molecule has 0 saturated heterocycles. The van der Waals surface area contributed by atoms with Crippen LogP contribution in [-0.4, -0.2) is 11.5 Å². The Kier molecular flexibility index (Phi) is 3.00. The van der Waals surface area contributed by atoms with Crippen LogP contribution >= 0.6 is 0 Å². The Bertz CT molecular complexity index is 279. The molecule has 0 fully saturated rings. The molecule has 0 aliphatic carbocycles. The van der Waals surface area contributed by atoms with Crippen LogP contribution < -0.4 is 5.73 Å². The van der Waals surface area contributed by atoms with E-state index in [0.29, 0.717) is 6.54 Å². The summed E-state index contributed by atoms with van der Waals surface area (Å²) < 4.78 is 0. The third kappa shape index (κ3) is 1.92. The predicted octanol–water partition coefficient (Wildman–Crippen LogP) is 1.75. The SMILES string of the molecule is C=C(CCN)c1cccnc1C. The molecule has 0 aliphatic rings. The fourth-order valence-corrected chi connectivity index (χ4v) is 1.17. The number of hydrogen-bond acceptors (Lipinski definition) is 2. The lowest BCUT2D eigenvalue weighted by atomic mass is 10.0. The lowest BCUT2D eigenvalue weighted by molar-refractivity contribution is 1.02. The molecule has 1 aromatic heterocycles. The monoisotopic (exact) mass is 162 g/mol. The summed E-state index contributed by atoms with van der Waals surface area (Å²) in [5.74, 6) is 0. The summed E-state index contributed by atoms with van der Waals surface area (Å²) in [5.41, 5.74) is 8.66. The fourth-order valence-electron chi connectivity index (χ4n) is 1.17. The van der Waals surface area contributed by atoms with E-state index < -0.39 is 0 Å². The molecular formula is C10H14N2. The van der Waals surface area contributed by atoms with E-state index in [4.69, 9.17) is 5.73 Å². The second-order valence-electron chi connectivity index (χ2n) is 2.78. The van der Waals surface area contributed by atoms with E-state index in [1.165, 1.54) is 0 Å². The van der Waals surface area contributed by atoms with E-state index in [-0.39, 0.29) is 0 Å². The van der Waals surface area contributed by atoms with Crippen molar-refractivity contribution < 1.29 is 0 Å². The van der Waals surface area contributed by atoms with Crippen LogP contribution in [0.15, 0.2) is 24.9 Å². The van der Waals surface area contributed by atoms with Gasteiger partial charge < -0.3 is 5.73 Å². The lowest BCUT2D eigenvalue weighted by Crippen LogP contribution is -2.00. The van der Waals surface area contributed by atoms with Crippen LogP contribution in [0, 0.1) is 6.92 Å². The van der Waals surface area contributed by atoms with Gasteiger partial charge in [0, 0.05) is 11.9 Å². The highest BCUT2D eigenvalue weighted by Gasteiger charge is 2.00. The van der Waals surface area contributed by atoms with Crippen LogP contribution in [0.3, 0.4) is 0 Å².